The van der Waals surface area contributed by atoms with Crippen molar-refractivity contribution < 1.29 is 19.1 Å². The van der Waals surface area contributed by atoms with Gasteiger partial charge in [-0.15, -0.1) is 11.3 Å². The molecule has 202 valence electrons. The van der Waals surface area contributed by atoms with Gasteiger partial charge in [-0.1, -0.05) is 13.0 Å². The van der Waals surface area contributed by atoms with Crippen LogP contribution in [0.25, 0.3) is 10.2 Å². The highest BCUT2D eigenvalue weighted by atomic mass is 32.1. The number of nitrogens with two attached hydrogens (primary N) is 1. The highest BCUT2D eigenvalue weighted by Crippen LogP contribution is 2.36. The number of primary amides is 1. The molecule has 0 saturated carbocycles. The van der Waals surface area contributed by atoms with Gasteiger partial charge in [-0.2, -0.15) is 0 Å². The number of thiazole rings is 1. The zero-order valence-electron chi connectivity index (χ0n) is 22.4. The summed E-state index contributed by atoms with van der Waals surface area (Å²) < 4.78 is 6.14. The van der Waals surface area contributed by atoms with Gasteiger partial charge in [-0.3, -0.25) is 14.4 Å². The van der Waals surface area contributed by atoms with Crippen molar-refractivity contribution in [3.8, 4) is 5.88 Å². The van der Waals surface area contributed by atoms with Crippen molar-refractivity contribution in [2.75, 3.05) is 33.1 Å². The van der Waals surface area contributed by atoms with E-state index in [4.69, 9.17) is 15.5 Å². The summed E-state index contributed by atoms with van der Waals surface area (Å²) >= 11 is 1.69. The number of amides is 3. The molecule has 4 rings (SSSR count). The number of hydrogen-bond donors (Lipinski definition) is 2. The molecule has 1 aliphatic heterocycles. The molecule has 2 aromatic heterocycles. The number of methoxy groups -OCH3 is 1. The van der Waals surface area contributed by atoms with Crippen LogP contribution in [0.1, 0.15) is 53.7 Å². The third-order valence-electron chi connectivity index (χ3n) is 7.03. The van der Waals surface area contributed by atoms with Crippen LogP contribution in [-0.4, -0.2) is 71.3 Å². The quantitative estimate of drug-likeness (QED) is 0.442. The van der Waals surface area contributed by atoms with E-state index in [0.29, 0.717) is 12.6 Å². The number of nitrogens with one attached hydrogen (secondary N) is 1. The van der Waals surface area contributed by atoms with Crippen LogP contribution in [0.15, 0.2) is 30.5 Å². The molecule has 0 radical (unpaired) electrons. The number of hydrogen-bond acceptors (Lipinski definition) is 8. The molecule has 1 aliphatic rings. The second kappa shape index (κ2) is 11.4. The Morgan fingerprint density at radius 2 is 2.03 bits per heavy atom. The normalized spacial score (nSPS) is 18.4. The number of pyridine rings is 1. The average Bonchev–Trinajstić information content (AvgIpc) is 3.29. The van der Waals surface area contributed by atoms with Crippen LogP contribution < -0.4 is 15.8 Å². The SMILES string of the molecule is COc1ncc(NC(=O)C(=O)N2C[C@@H](C)CC[C@@H]2c2ccc3sc(CC(C)N(C)C)nc3c2)cc1C(N)=O. The van der Waals surface area contributed by atoms with E-state index in [1.807, 2.05) is 12.1 Å². The number of aromatic nitrogens is 2. The number of carbonyl (C=O) groups is 3. The van der Waals surface area contributed by atoms with Gasteiger partial charge in [-0.25, -0.2) is 9.97 Å². The number of anilines is 1. The summed E-state index contributed by atoms with van der Waals surface area (Å²) in [5.74, 6) is -1.89. The van der Waals surface area contributed by atoms with Crippen molar-refractivity contribution in [2.45, 2.75) is 45.2 Å². The predicted octanol–water partition coefficient (Wildman–Crippen LogP) is 3.23. The first kappa shape index (κ1) is 27.5. The lowest BCUT2D eigenvalue weighted by Crippen LogP contribution is -2.46. The van der Waals surface area contributed by atoms with Crippen molar-refractivity contribution in [1.29, 1.82) is 0 Å². The predicted molar refractivity (Wildman–Crippen MR) is 147 cm³/mol. The van der Waals surface area contributed by atoms with Crippen molar-refractivity contribution >= 4 is 45.0 Å². The number of benzene rings is 1. The molecule has 11 heteroatoms. The Bertz CT molecular complexity index is 1360. The monoisotopic (exact) mass is 538 g/mol. The fraction of sp³-hybridized carbons (Fsp3) is 0.444. The van der Waals surface area contributed by atoms with Crippen LogP contribution in [0.3, 0.4) is 0 Å². The van der Waals surface area contributed by atoms with E-state index in [2.05, 4.69) is 49.2 Å². The molecule has 3 atom stereocenters. The summed E-state index contributed by atoms with van der Waals surface area (Å²) in [4.78, 5) is 50.8. The lowest BCUT2D eigenvalue weighted by atomic mass is 9.89. The topological polar surface area (TPSA) is 131 Å². The van der Waals surface area contributed by atoms with Crippen LogP contribution >= 0.6 is 11.3 Å². The smallest absolute Gasteiger partial charge is 0.313 e. The minimum Gasteiger partial charge on any atom is -0.480 e. The molecular formula is C27H34N6O4S. The average molecular weight is 539 g/mol. The maximum atomic E-state index is 13.4. The van der Waals surface area contributed by atoms with Gasteiger partial charge in [0.1, 0.15) is 5.56 Å². The van der Waals surface area contributed by atoms with Crippen LogP contribution in [0.2, 0.25) is 0 Å². The number of fused-ring (bicyclic) bond motifs is 1. The molecule has 0 aliphatic carbocycles. The second-order valence-corrected chi connectivity index (χ2v) is 11.2. The molecular weight excluding hydrogens is 504 g/mol. The molecule has 38 heavy (non-hydrogen) atoms. The third kappa shape index (κ3) is 5.94. The third-order valence-corrected chi connectivity index (χ3v) is 8.09. The van der Waals surface area contributed by atoms with Crippen LogP contribution in [0.4, 0.5) is 5.69 Å². The second-order valence-electron chi connectivity index (χ2n) is 10.1. The Hall–Kier alpha value is -3.57. The molecule has 1 fully saturated rings. The number of piperidine rings is 1. The van der Waals surface area contributed by atoms with Gasteiger partial charge in [0.15, 0.2) is 0 Å². The zero-order valence-corrected chi connectivity index (χ0v) is 23.2. The highest BCUT2D eigenvalue weighted by molar-refractivity contribution is 7.18. The molecule has 3 aromatic rings. The first-order valence-corrected chi connectivity index (χ1v) is 13.4. The molecule has 3 heterocycles. The Kier molecular flexibility index (Phi) is 8.27. The highest BCUT2D eigenvalue weighted by Gasteiger charge is 2.34. The molecule has 3 N–H and O–H groups in total. The molecule has 0 bridgehead atoms. The molecule has 0 spiro atoms. The van der Waals surface area contributed by atoms with E-state index in [-0.39, 0.29) is 29.1 Å². The van der Waals surface area contributed by atoms with Crippen LogP contribution in [0.5, 0.6) is 5.88 Å². The maximum Gasteiger partial charge on any atom is 0.313 e. The van der Waals surface area contributed by atoms with Crippen molar-refractivity contribution in [3.05, 3.63) is 46.6 Å². The summed E-state index contributed by atoms with van der Waals surface area (Å²) in [7, 11) is 5.48. The molecule has 3 amide bonds. The van der Waals surface area contributed by atoms with Gasteiger partial charge in [0, 0.05) is 19.0 Å². The first-order chi connectivity index (χ1) is 18.1. The Morgan fingerprint density at radius 1 is 1.26 bits per heavy atom. The van der Waals surface area contributed by atoms with Gasteiger partial charge < -0.3 is 25.6 Å². The summed E-state index contributed by atoms with van der Waals surface area (Å²) in [5, 5.41) is 3.64. The van der Waals surface area contributed by atoms with Gasteiger partial charge in [0.25, 0.3) is 5.91 Å². The number of ether oxygens (including phenoxy) is 1. The molecule has 1 saturated heterocycles. The standard InChI is InChI=1S/C27H34N6O4S/c1-15-6-8-21(17-7-9-22-20(11-17)31-23(38-22)10-16(2)32(3)4)33(14-15)27(36)25(35)30-18-12-19(24(28)34)26(37-5)29-13-18/h7,9,11-13,15-16,21H,6,8,10,14H2,1-5H3,(H2,28,34)(H,30,35)/t15-,16?,21+/m0/s1. The Balaban J connectivity index is 1.55. The minimum atomic E-state index is -0.804. The van der Waals surface area contributed by atoms with Crippen LogP contribution in [0, 0.1) is 5.92 Å². The number of nitrogens with zero attached hydrogens (tertiary/aromatic N) is 4. The Labute approximate surface area is 226 Å². The van der Waals surface area contributed by atoms with Gasteiger partial charge in [-0.05, 0) is 63.5 Å². The largest absolute Gasteiger partial charge is 0.480 e. The van der Waals surface area contributed by atoms with E-state index in [1.165, 1.54) is 19.4 Å². The molecule has 1 unspecified atom stereocenters. The van der Waals surface area contributed by atoms with Gasteiger partial charge in [0.2, 0.25) is 5.88 Å². The number of likely N-dealkylation sites (N-methyl/N-ethyl adjacent to an activating group) is 1. The van der Waals surface area contributed by atoms with E-state index in [1.54, 1.807) is 16.2 Å². The molecule has 10 nitrogen and oxygen atoms in total. The minimum absolute atomic E-state index is 0.0122. The first-order valence-electron chi connectivity index (χ1n) is 12.6. The van der Waals surface area contributed by atoms with E-state index in [0.717, 1.165) is 40.1 Å². The lowest BCUT2D eigenvalue weighted by Gasteiger charge is -2.38. The van der Waals surface area contributed by atoms with Gasteiger partial charge in [0.05, 0.1) is 40.3 Å². The number of rotatable bonds is 7. The summed E-state index contributed by atoms with van der Waals surface area (Å²) in [6.07, 6.45) is 3.88. The van der Waals surface area contributed by atoms with E-state index in [9.17, 15) is 14.4 Å². The van der Waals surface area contributed by atoms with Crippen molar-refractivity contribution in [3.63, 3.8) is 0 Å². The number of carbonyl (C=O) groups excluding carboxylic acids is 3. The van der Waals surface area contributed by atoms with Crippen LogP contribution in [-0.2, 0) is 16.0 Å². The summed E-state index contributed by atoms with van der Waals surface area (Å²) in [6.45, 7) is 4.71. The van der Waals surface area contributed by atoms with Crippen molar-refractivity contribution in [1.82, 2.24) is 19.8 Å². The fourth-order valence-corrected chi connectivity index (χ4v) is 5.69. The Morgan fingerprint density at radius 3 is 2.71 bits per heavy atom. The molecule has 1 aromatic carbocycles. The van der Waals surface area contributed by atoms with Gasteiger partial charge >= 0.3 is 11.8 Å². The number of likely N-dealkylation sites (tertiary alicyclic amines) is 1. The maximum absolute atomic E-state index is 13.4. The fourth-order valence-electron chi connectivity index (χ4n) is 4.62. The lowest BCUT2D eigenvalue weighted by molar-refractivity contribution is -0.146. The summed E-state index contributed by atoms with van der Waals surface area (Å²) in [6, 6.07) is 7.62. The summed E-state index contributed by atoms with van der Waals surface area (Å²) in [5.41, 5.74) is 7.46. The van der Waals surface area contributed by atoms with Crippen molar-refractivity contribution in [2.24, 2.45) is 11.7 Å². The van der Waals surface area contributed by atoms with E-state index < -0.39 is 17.7 Å². The zero-order chi connectivity index (χ0) is 27.6. The van der Waals surface area contributed by atoms with E-state index >= 15 is 0 Å².